The summed E-state index contributed by atoms with van der Waals surface area (Å²) in [6.07, 6.45) is -3.44. The molecule has 1 aliphatic rings. The largest absolute Gasteiger partial charge is 0.416 e. The van der Waals surface area contributed by atoms with Crippen LogP contribution in [0.5, 0.6) is 0 Å². The SMILES string of the molecule is Cc1cc([C@@H](C)OC[C@@]2(c3ccccc3)CCC(c3n[nH]c(=O)[nH]3)CN2)cc(C(F)(F)F)c1. The lowest BCUT2D eigenvalue weighted by Gasteiger charge is -2.41. The molecule has 1 unspecified atom stereocenters. The average Bonchev–Trinajstić information content (AvgIpc) is 3.23. The van der Waals surface area contributed by atoms with Gasteiger partial charge in [0, 0.05) is 12.5 Å². The predicted octanol–water partition coefficient (Wildman–Crippen LogP) is 4.57. The van der Waals surface area contributed by atoms with Gasteiger partial charge in [0.05, 0.1) is 23.8 Å². The first-order valence-electron chi connectivity index (χ1n) is 10.9. The Morgan fingerprint density at radius 3 is 2.58 bits per heavy atom. The molecule has 4 rings (SSSR count). The summed E-state index contributed by atoms with van der Waals surface area (Å²) in [7, 11) is 0. The molecule has 33 heavy (non-hydrogen) atoms. The maximum Gasteiger partial charge on any atom is 0.416 e. The number of nitrogens with one attached hydrogen (secondary N) is 3. The second kappa shape index (κ2) is 9.15. The van der Waals surface area contributed by atoms with Crippen molar-refractivity contribution >= 4 is 0 Å². The number of hydrogen-bond acceptors (Lipinski definition) is 4. The number of nitrogens with zero attached hydrogens (tertiary/aromatic N) is 1. The predicted molar refractivity (Wildman–Crippen MR) is 118 cm³/mol. The van der Waals surface area contributed by atoms with E-state index in [2.05, 4.69) is 20.5 Å². The Morgan fingerprint density at radius 1 is 1.21 bits per heavy atom. The normalized spacial score (nSPS) is 22.3. The number of hydrogen-bond donors (Lipinski definition) is 3. The first kappa shape index (κ1) is 23.3. The topological polar surface area (TPSA) is 82.8 Å². The van der Waals surface area contributed by atoms with Crippen molar-refractivity contribution in [2.24, 2.45) is 0 Å². The fraction of sp³-hybridized carbons (Fsp3) is 0.417. The van der Waals surface area contributed by atoms with Crippen molar-refractivity contribution in [3.05, 3.63) is 87.1 Å². The van der Waals surface area contributed by atoms with Crippen molar-refractivity contribution in [3.63, 3.8) is 0 Å². The van der Waals surface area contributed by atoms with Crippen LogP contribution in [0.15, 0.2) is 53.3 Å². The molecule has 2 heterocycles. The molecular formula is C24H27F3N4O2. The maximum absolute atomic E-state index is 13.3. The van der Waals surface area contributed by atoms with Gasteiger partial charge in [0.2, 0.25) is 0 Å². The zero-order valence-electron chi connectivity index (χ0n) is 18.5. The van der Waals surface area contributed by atoms with Gasteiger partial charge in [-0.15, -0.1) is 0 Å². The summed E-state index contributed by atoms with van der Waals surface area (Å²) >= 11 is 0. The Hall–Kier alpha value is -2.91. The first-order valence-corrected chi connectivity index (χ1v) is 10.9. The molecule has 9 heteroatoms. The number of benzene rings is 2. The van der Waals surface area contributed by atoms with Gasteiger partial charge in [0.15, 0.2) is 0 Å². The minimum Gasteiger partial charge on any atom is -0.372 e. The fourth-order valence-corrected chi connectivity index (χ4v) is 4.42. The van der Waals surface area contributed by atoms with Gasteiger partial charge in [0.1, 0.15) is 5.82 Å². The second-order valence-electron chi connectivity index (χ2n) is 8.71. The summed E-state index contributed by atoms with van der Waals surface area (Å²) in [4.78, 5) is 14.1. The number of halogens is 3. The zero-order chi connectivity index (χ0) is 23.6. The van der Waals surface area contributed by atoms with Crippen molar-refractivity contribution < 1.29 is 17.9 Å². The number of rotatable bonds is 6. The van der Waals surface area contributed by atoms with E-state index < -0.39 is 23.4 Å². The number of aromatic nitrogens is 3. The summed E-state index contributed by atoms with van der Waals surface area (Å²) in [6, 6.07) is 13.9. The van der Waals surface area contributed by atoms with Gasteiger partial charge in [-0.1, -0.05) is 42.0 Å². The molecule has 1 aliphatic heterocycles. The molecule has 6 nitrogen and oxygen atoms in total. The van der Waals surface area contributed by atoms with Crippen LogP contribution < -0.4 is 11.0 Å². The summed E-state index contributed by atoms with van der Waals surface area (Å²) in [6.45, 7) is 4.29. The molecule has 0 saturated carbocycles. The molecule has 1 saturated heterocycles. The number of ether oxygens (including phenoxy) is 1. The second-order valence-corrected chi connectivity index (χ2v) is 8.71. The van der Waals surface area contributed by atoms with Crippen LogP contribution in [-0.2, 0) is 16.5 Å². The molecular weight excluding hydrogens is 433 g/mol. The summed E-state index contributed by atoms with van der Waals surface area (Å²) < 4.78 is 46.0. The number of piperidine rings is 1. The minimum atomic E-state index is -4.40. The van der Waals surface area contributed by atoms with Gasteiger partial charge in [-0.25, -0.2) is 9.89 Å². The summed E-state index contributed by atoms with van der Waals surface area (Å²) in [5.41, 5.74) is 0.578. The van der Waals surface area contributed by atoms with Crippen molar-refractivity contribution in [1.29, 1.82) is 0 Å². The average molecular weight is 461 g/mol. The standard InChI is InChI=1S/C24H27F3N4O2/c1-15-10-18(12-20(11-15)24(25,26)27)16(2)33-14-23(19-6-4-3-5-7-19)9-8-17(13-28-23)21-29-22(32)31-30-21/h3-7,10-12,16-17,28H,8-9,13-14H2,1-2H3,(H2,29,30,31,32)/t16-,17?,23-/m1/s1. The molecule has 0 radical (unpaired) electrons. The van der Waals surface area contributed by atoms with Crippen LogP contribution in [0.3, 0.4) is 0 Å². The van der Waals surface area contributed by atoms with Crippen molar-refractivity contribution in [2.45, 2.75) is 50.4 Å². The van der Waals surface area contributed by atoms with Crippen molar-refractivity contribution in [2.75, 3.05) is 13.2 Å². The lowest BCUT2D eigenvalue weighted by Crippen LogP contribution is -2.51. The molecule has 1 fully saturated rings. The van der Waals surface area contributed by atoms with E-state index in [-0.39, 0.29) is 18.2 Å². The Bertz CT molecular complexity index is 1130. The van der Waals surface area contributed by atoms with E-state index in [0.29, 0.717) is 29.9 Å². The molecule has 176 valence electrons. The van der Waals surface area contributed by atoms with Gasteiger partial charge in [-0.3, -0.25) is 4.98 Å². The molecule has 3 aromatic rings. The molecule has 0 aliphatic carbocycles. The third-order valence-electron chi connectivity index (χ3n) is 6.32. The van der Waals surface area contributed by atoms with Gasteiger partial charge in [-0.05, 0) is 49.9 Å². The maximum atomic E-state index is 13.3. The van der Waals surface area contributed by atoms with E-state index in [1.54, 1.807) is 19.9 Å². The van der Waals surface area contributed by atoms with Crippen LogP contribution >= 0.6 is 0 Å². The van der Waals surface area contributed by atoms with Crippen LogP contribution in [0.25, 0.3) is 0 Å². The highest BCUT2D eigenvalue weighted by atomic mass is 19.4. The smallest absolute Gasteiger partial charge is 0.372 e. The molecule has 0 bridgehead atoms. The summed E-state index contributed by atoms with van der Waals surface area (Å²) in [5, 5.41) is 10.0. The molecule has 3 N–H and O–H groups in total. The van der Waals surface area contributed by atoms with Crippen LogP contribution in [0.1, 0.15) is 59.9 Å². The Morgan fingerprint density at radius 2 is 1.97 bits per heavy atom. The van der Waals surface area contributed by atoms with E-state index in [1.165, 1.54) is 0 Å². The van der Waals surface area contributed by atoms with E-state index in [9.17, 15) is 18.0 Å². The first-order chi connectivity index (χ1) is 15.7. The summed E-state index contributed by atoms with van der Waals surface area (Å²) in [5.74, 6) is 0.659. The monoisotopic (exact) mass is 460 g/mol. The van der Waals surface area contributed by atoms with Gasteiger partial charge in [-0.2, -0.15) is 18.3 Å². The molecule has 0 spiro atoms. The highest BCUT2D eigenvalue weighted by Crippen LogP contribution is 2.37. The van der Waals surface area contributed by atoms with E-state index in [1.807, 2.05) is 30.3 Å². The number of alkyl halides is 3. The highest BCUT2D eigenvalue weighted by molar-refractivity contribution is 5.32. The third-order valence-corrected chi connectivity index (χ3v) is 6.32. The molecule has 3 atom stereocenters. The Kier molecular flexibility index (Phi) is 6.45. The zero-order valence-corrected chi connectivity index (χ0v) is 18.5. The lowest BCUT2D eigenvalue weighted by atomic mass is 9.79. The van der Waals surface area contributed by atoms with Crippen LogP contribution in [0, 0.1) is 6.92 Å². The molecule has 0 amide bonds. The Balaban J connectivity index is 1.53. The van der Waals surface area contributed by atoms with Crippen LogP contribution in [-0.4, -0.2) is 28.3 Å². The molecule has 2 aromatic carbocycles. The fourth-order valence-electron chi connectivity index (χ4n) is 4.42. The van der Waals surface area contributed by atoms with Gasteiger partial charge < -0.3 is 10.1 Å². The molecule has 1 aromatic heterocycles. The van der Waals surface area contributed by atoms with E-state index in [4.69, 9.17) is 4.74 Å². The number of aromatic amines is 2. The highest BCUT2D eigenvalue weighted by Gasteiger charge is 2.39. The lowest BCUT2D eigenvalue weighted by molar-refractivity contribution is -0.137. The van der Waals surface area contributed by atoms with Gasteiger partial charge in [0.25, 0.3) is 0 Å². The third kappa shape index (κ3) is 5.20. The minimum absolute atomic E-state index is 0.0457. The Labute approximate surface area is 189 Å². The number of H-pyrrole nitrogens is 2. The van der Waals surface area contributed by atoms with Crippen LogP contribution in [0.2, 0.25) is 0 Å². The van der Waals surface area contributed by atoms with Crippen molar-refractivity contribution in [3.8, 4) is 0 Å². The van der Waals surface area contributed by atoms with E-state index >= 15 is 0 Å². The van der Waals surface area contributed by atoms with E-state index in [0.717, 1.165) is 24.1 Å². The van der Waals surface area contributed by atoms with Crippen LogP contribution in [0.4, 0.5) is 13.2 Å². The van der Waals surface area contributed by atoms with Gasteiger partial charge >= 0.3 is 11.9 Å². The quantitative estimate of drug-likeness (QED) is 0.504. The number of aryl methyl sites for hydroxylation is 1. The van der Waals surface area contributed by atoms with Crippen molar-refractivity contribution in [1.82, 2.24) is 20.5 Å².